The lowest BCUT2D eigenvalue weighted by molar-refractivity contribution is 0.587. The third-order valence-corrected chi connectivity index (χ3v) is 3.06. The van der Waals surface area contributed by atoms with Crippen molar-refractivity contribution in [2.45, 2.75) is 6.54 Å². The van der Waals surface area contributed by atoms with Crippen LogP contribution in [0.15, 0.2) is 33.7 Å². The molecule has 0 saturated heterocycles. The number of nitrogens with one attached hydrogen (secondary N) is 2. The molecule has 0 spiro atoms. The van der Waals surface area contributed by atoms with Crippen molar-refractivity contribution < 1.29 is 8.78 Å². The molecule has 4 nitrogen and oxygen atoms in total. The Morgan fingerprint density at radius 1 is 1.39 bits per heavy atom. The number of aromatic nitrogens is 2. The van der Waals surface area contributed by atoms with E-state index in [9.17, 15) is 13.6 Å². The topological polar surface area (TPSA) is 57.8 Å². The van der Waals surface area contributed by atoms with Gasteiger partial charge in [-0.05, 0) is 34.1 Å². The van der Waals surface area contributed by atoms with Gasteiger partial charge in [0.2, 0.25) is 0 Å². The van der Waals surface area contributed by atoms with Gasteiger partial charge in [0, 0.05) is 12.1 Å². The van der Waals surface area contributed by atoms with Crippen molar-refractivity contribution in [3.8, 4) is 0 Å². The molecule has 2 rings (SSSR count). The van der Waals surface area contributed by atoms with Gasteiger partial charge in [0.05, 0.1) is 11.9 Å². The second kappa shape index (κ2) is 5.26. The van der Waals surface area contributed by atoms with Gasteiger partial charge in [-0.25, -0.2) is 13.9 Å². The van der Waals surface area contributed by atoms with E-state index in [4.69, 9.17) is 0 Å². The highest BCUT2D eigenvalue weighted by molar-refractivity contribution is 9.10. The number of anilines is 1. The Labute approximate surface area is 109 Å². The van der Waals surface area contributed by atoms with Crippen LogP contribution in [0.2, 0.25) is 0 Å². The maximum atomic E-state index is 13.4. The van der Waals surface area contributed by atoms with Crippen LogP contribution in [0.5, 0.6) is 0 Å². The average Bonchev–Trinajstić information content (AvgIpc) is 2.35. The van der Waals surface area contributed by atoms with Gasteiger partial charge in [-0.1, -0.05) is 0 Å². The van der Waals surface area contributed by atoms with Crippen LogP contribution in [0.1, 0.15) is 5.56 Å². The molecule has 0 aliphatic heterocycles. The third-order valence-electron chi connectivity index (χ3n) is 2.27. The van der Waals surface area contributed by atoms with Gasteiger partial charge in [-0.2, -0.15) is 5.10 Å². The van der Waals surface area contributed by atoms with E-state index in [1.165, 1.54) is 6.20 Å². The van der Waals surface area contributed by atoms with Crippen molar-refractivity contribution in [2.24, 2.45) is 0 Å². The van der Waals surface area contributed by atoms with Gasteiger partial charge < -0.3 is 5.32 Å². The summed E-state index contributed by atoms with van der Waals surface area (Å²) < 4.78 is 26.6. The fourth-order valence-electron chi connectivity index (χ4n) is 1.38. The molecule has 0 radical (unpaired) electrons. The van der Waals surface area contributed by atoms with Crippen molar-refractivity contribution in [3.63, 3.8) is 0 Å². The molecule has 0 bridgehead atoms. The molecule has 1 aromatic heterocycles. The molecule has 2 aromatic rings. The van der Waals surface area contributed by atoms with Crippen molar-refractivity contribution in [1.82, 2.24) is 10.2 Å². The number of hydrogen-bond donors (Lipinski definition) is 2. The largest absolute Gasteiger partial charge is 0.378 e. The lowest BCUT2D eigenvalue weighted by atomic mass is 10.2. The van der Waals surface area contributed by atoms with E-state index in [-0.39, 0.29) is 16.6 Å². The van der Waals surface area contributed by atoms with Crippen LogP contribution in [0.4, 0.5) is 14.5 Å². The van der Waals surface area contributed by atoms with Crippen LogP contribution in [0.25, 0.3) is 0 Å². The number of halogens is 3. The summed E-state index contributed by atoms with van der Waals surface area (Å²) in [5.74, 6) is -1.03. The smallest absolute Gasteiger partial charge is 0.280 e. The van der Waals surface area contributed by atoms with E-state index >= 15 is 0 Å². The van der Waals surface area contributed by atoms with E-state index in [1.54, 1.807) is 0 Å². The molecule has 94 valence electrons. The molecule has 0 saturated carbocycles. The van der Waals surface area contributed by atoms with Crippen LogP contribution >= 0.6 is 15.9 Å². The highest BCUT2D eigenvalue weighted by Crippen LogP contribution is 2.17. The van der Waals surface area contributed by atoms with Gasteiger partial charge in [0.1, 0.15) is 16.1 Å². The number of benzene rings is 1. The highest BCUT2D eigenvalue weighted by Gasteiger charge is 2.07. The van der Waals surface area contributed by atoms with E-state index in [1.807, 2.05) is 0 Å². The number of hydrogen-bond acceptors (Lipinski definition) is 3. The second-order valence-electron chi connectivity index (χ2n) is 3.52. The molecule has 0 unspecified atom stereocenters. The maximum absolute atomic E-state index is 13.4. The Morgan fingerprint density at radius 2 is 2.17 bits per heavy atom. The minimum Gasteiger partial charge on any atom is -0.378 e. The molecule has 18 heavy (non-hydrogen) atoms. The molecule has 0 aliphatic rings. The first-order valence-corrected chi connectivity index (χ1v) is 5.78. The molecule has 7 heteroatoms. The Bertz CT molecular complexity index is 630. The summed E-state index contributed by atoms with van der Waals surface area (Å²) in [6, 6.07) is 3.19. The number of H-pyrrole nitrogens is 1. The van der Waals surface area contributed by atoms with Gasteiger partial charge in [0.25, 0.3) is 5.56 Å². The van der Waals surface area contributed by atoms with Gasteiger partial charge in [-0.15, -0.1) is 0 Å². The lowest BCUT2D eigenvalue weighted by Crippen LogP contribution is -2.12. The minimum atomic E-state index is -0.517. The van der Waals surface area contributed by atoms with Gasteiger partial charge in [0.15, 0.2) is 0 Å². The predicted molar refractivity (Wildman–Crippen MR) is 66.2 cm³/mol. The van der Waals surface area contributed by atoms with Crippen LogP contribution in [-0.4, -0.2) is 10.2 Å². The molecule has 1 aromatic carbocycles. The standard InChI is InChI=1S/C11H8BrF2N3O/c12-10-9(5-16-17-11(10)18)15-4-6-3-7(13)1-2-8(6)14/h1-3,5H,4H2,(H2,15,17,18). The number of nitrogens with zero attached hydrogens (tertiary/aromatic N) is 1. The number of rotatable bonds is 3. The Morgan fingerprint density at radius 3 is 2.94 bits per heavy atom. The molecule has 0 amide bonds. The molecular formula is C11H8BrF2N3O. The minimum absolute atomic E-state index is 0.0489. The Hall–Kier alpha value is -1.76. The zero-order chi connectivity index (χ0) is 13.1. The van der Waals surface area contributed by atoms with Crippen molar-refractivity contribution in [2.75, 3.05) is 5.32 Å². The molecule has 2 N–H and O–H groups in total. The summed E-state index contributed by atoms with van der Waals surface area (Å²) in [6.07, 6.45) is 1.38. The SMILES string of the molecule is O=c1[nH]ncc(NCc2cc(F)ccc2F)c1Br. The first kappa shape index (κ1) is 12.7. The quantitative estimate of drug-likeness (QED) is 0.914. The summed E-state index contributed by atoms with van der Waals surface area (Å²) in [7, 11) is 0. The van der Waals surface area contributed by atoms with E-state index in [0.29, 0.717) is 5.69 Å². The predicted octanol–water partition coefficient (Wildman–Crippen LogP) is 2.42. The monoisotopic (exact) mass is 315 g/mol. The first-order chi connectivity index (χ1) is 8.58. The number of aromatic amines is 1. The fraction of sp³-hybridized carbons (Fsp3) is 0.0909. The van der Waals surface area contributed by atoms with Crippen LogP contribution < -0.4 is 10.9 Å². The molecule has 1 heterocycles. The highest BCUT2D eigenvalue weighted by atomic mass is 79.9. The average molecular weight is 316 g/mol. The summed E-state index contributed by atoms with van der Waals surface area (Å²) >= 11 is 3.07. The van der Waals surface area contributed by atoms with Crippen molar-refractivity contribution >= 4 is 21.6 Å². The van der Waals surface area contributed by atoms with Crippen molar-refractivity contribution in [1.29, 1.82) is 0 Å². The first-order valence-electron chi connectivity index (χ1n) is 4.99. The maximum Gasteiger partial charge on any atom is 0.280 e. The second-order valence-corrected chi connectivity index (χ2v) is 4.31. The zero-order valence-electron chi connectivity index (χ0n) is 9.01. The van der Waals surface area contributed by atoms with E-state index in [2.05, 4.69) is 31.4 Å². The van der Waals surface area contributed by atoms with Crippen molar-refractivity contribution in [3.05, 3.63) is 56.4 Å². The van der Waals surface area contributed by atoms with E-state index in [0.717, 1.165) is 18.2 Å². The lowest BCUT2D eigenvalue weighted by Gasteiger charge is -2.08. The summed E-state index contributed by atoms with van der Waals surface area (Å²) in [4.78, 5) is 11.2. The van der Waals surface area contributed by atoms with Crippen LogP contribution in [0.3, 0.4) is 0 Å². The fourth-order valence-corrected chi connectivity index (χ4v) is 1.71. The van der Waals surface area contributed by atoms with Crippen LogP contribution in [-0.2, 0) is 6.54 Å². The summed E-state index contributed by atoms with van der Waals surface area (Å²) in [5.41, 5.74) is 0.171. The molecule has 0 atom stereocenters. The Balaban J connectivity index is 2.19. The third kappa shape index (κ3) is 2.73. The summed E-state index contributed by atoms with van der Waals surface area (Å²) in [6.45, 7) is 0.0489. The zero-order valence-corrected chi connectivity index (χ0v) is 10.6. The van der Waals surface area contributed by atoms with Gasteiger partial charge >= 0.3 is 0 Å². The van der Waals surface area contributed by atoms with Gasteiger partial charge in [-0.3, -0.25) is 4.79 Å². The molecule has 0 fully saturated rings. The Kier molecular flexibility index (Phi) is 3.71. The molecular weight excluding hydrogens is 308 g/mol. The molecule has 0 aliphatic carbocycles. The summed E-state index contributed by atoms with van der Waals surface area (Å²) in [5, 5.41) is 8.63. The normalized spacial score (nSPS) is 10.4. The van der Waals surface area contributed by atoms with E-state index < -0.39 is 17.2 Å². The van der Waals surface area contributed by atoms with Crippen LogP contribution in [0, 0.1) is 11.6 Å².